The molecular formula is C15H24N2O4S2. The van der Waals surface area contributed by atoms with Gasteiger partial charge in [0.05, 0.1) is 12.8 Å². The van der Waals surface area contributed by atoms with Crippen molar-refractivity contribution in [3.8, 4) is 0 Å². The predicted octanol–water partition coefficient (Wildman–Crippen LogP) is 2.91. The van der Waals surface area contributed by atoms with Crippen LogP contribution in [0.5, 0.6) is 0 Å². The van der Waals surface area contributed by atoms with Crippen LogP contribution >= 0.6 is 11.3 Å². The van der Waals surface area contributed by atoms with Gasteiger partial charge in [-0.2, -0.15) is 0 Å². The van der Waals surface area contributed by atoms with E-state index in [1.54, 1.807) is 5.38 Å². The van der Waals surface area contributed by atoms with Gasteiger partial charge in [0.15, 0.2) is 5.69 Å². The van der Waals surface area contributed by atoms with Gasteiger partial charge in [0, 0.05) is 11.8 Å². The number of carbonyl (C=O) groups excluding carboxylic acids is 1. The van der Waals surface area contributed by atoms with Gasteiger partial charge in [-0.05, 0) is 26.7 Å². The van der Waals surface area contributed by atoms with Crippen molar-refractivity contribution in [1.29, 1.82) is 0 Å². The number of rotatable bonds is 6. The number of thiazole rings is 1. The molecule has 130 valence electrons. The maximum absolute atomic E-state index is 12.2. The van der Waals surface area contributed by atoms with E-state index in [-0.39, 0.29) is 18.0 Å². The fraction of sp³-hybridized carbons (Fsp3) is 0.667. The summed E-state index contributed by atoms with van der Waals surface area (Å²) in [5, 5.41) is 12.3. The van der Waals surface area contributed by atoms with Crippen molar-refractivity contribution in [1.82, 2.24) is 4.98 Å². The topological polar surface area (TPSA) is 94.8 Å². The second-order valence-corrected chi connectivity index (χ2v) is 9.18. The number of hydrogen-bond acceptors (Lipinski definition) is 7. The monoisotopic (exact) mass is 360 g/mol. The normalized spacial score (nSPS) is 15.6. The quantitative estimate of drug-likeness (QED) is 0.478. The lowest BCUT2D eigenvalue weighted by molar-refractivity contribution is 0.0594. The molecule has 23 heavy (non-hydrogen) atoms. The molecule has 0 aliphatic rings. The molecule has 1 N–H and O–H groups in total. The summed E-state index contributed by atoms with van der Waals surface area (Å²) in [6, 6.07) is 0. The first kappa shape index (κ1) is 20.1. The SMILES string of the molecule is COC(=O)c1csc([C@H](O)C/C(=N\[S+]([O-])C(C)(C)C)C(C)C)n1. The van der Waals surface area contributed by atoms with Crippen LogP contribution in [0, 0.1) is 5.92 Å². The van der Waals surface area contributed by atoms with Gasteiger partial charge in [0.25, 0.3) is 0 Å². The van der Waals surface area contributed by atoms with Crippen LogP contribution in [0.2, 0.25) is 0 Å². The Hall–Kier alpha value is -0.960. The van der Waals surface area contributed by atoms with E-state index in [9.17, 15) is 14.5 Å². The zero-order valence-corrected chi connectivity index (χ0v) is 16.0. The molecule has 0 bridgehead atoms. The first-order valence-electron chi connectivity index (χ1n) is 7.27. The van der Waals surface area contributed by atoms with Crippen molar-refractivity contribution >= 4 is 34.4 Å². The molecule has 1 aromatic heterocycles. The van der Waals surface area contributed by atoms with E-state index in [2.05, 4.69) is 14.1 Å². The highest BCUT2D eigenvalue weighted by molar-refractivity contribution is 7.91. The lowest BCUT2D eigenvalue weighted by atomic mass is 10.0. The Morgan fingerprint density at radius 3 is 2.61 bits per heavy atom. The van der Waals surface area contributed by atoms with Crippen molar-refractivity contribution in [2.24, 2.45) is 10.3 Å². The van der Waals surface area contributed by atoms with Gasteiger partial charge in [-0.3, -0.25) is 0 Å². The summed E-state index contributed by atoms with van der Waals surface area (Å²) in [4.78, 5) is 15.5. The third-order valence-electron chi connectivity index (χ3n) is 2.99. The van der Waals surface area contributed by atoms with Gasteiger partial charge in [0.2, 0.25) is 0 Å². The number of aliphatic hydroxyl groups excluding tert-OH is 1. The molecule has 0 amide bonds. The number of carbonyl (C=O) groups is 1. The van der Waals surface area contributed by atoms with Gasteiger partial charge in [-0.15, -0.1) is 11.3 Å². The van der Waals surface area contributed by atoms with Crippen LogP contribution in [0.1, 0.15) is 62.6 Å². The molecule has 6 nitrogen and oxygen atoms in total. The molecule has 1 aromatic rings. The molecular weight excluding hydrogens is 336 g/mol. The first-order chi connectivity index (χ1) is 10.6. The number of aliphatic hydroxyl groups is 1. The Kier molecular flexibility index (Phi) is 7.19. The summed E-state index contributed by atoms with van der Waals surface area (Å²) in [5.41, 5.74) is 0.841. The maximum Gasteiger partial charge on any atom is 0.357 e. The van der Waals surface area contributed by atoms with E-state index in [4.69, 9.17) is 0 Å². The van der Waals surface area contributed by atoms with Crippen LogP contribution in [-0.4, -0.2) is 38.2 Å². The molecule has 8 heteroatoms. The number of hydrogen-bond donors (Lipinski definition) is 1. The molecule has 1 unspecified atom stereocenters. The van der Waals surface area contributed by atoms with Gasteiger partial charge in [-0.25, -0.2) is 9.78 Å². The summed E-state index contributed by atoms with van der Waals surface area (Å²) in [7, 11) is 1.28. The average Bonchev–Trinajstić information content (AvgIpc) is 2.94. The third-order valence-corrected chi connectivity index (χ3v) is 5.39. The van der Waals surface area contributed by atoms with E-state index in [1.807, 2.05) is 34.6 Å². The molecule has 0 spiro atoms. The molecule has 0 saturated heterocycles. The standard InChI is InChI=1S/C15H24N2O4S2/c1-9(2)10(17-23(20)15(3,4)5)7-12(18)13-16-11(8-22-13)14(19)21-6/h8-9,12,18H,7H2,1-6H3/b17-10+/t12-,23?/m1/s1. The Morgan fingerprint density at radius 2 is 2.13 bits per heavy atom. The molecule has 0 aliphatic carbocycles. The lowest BCUT2D eigenvalue weighted by Crippen LogP contribution is -2.28. The van der Waals surface area contributed by atoms with Crippen molar-refractivity contribution < 1.29 is 19.2 Å². The largest absolute Gasteiger partial charge is 0.591 e. The van der Waals surface area contributed by atoms with E-state index in [0.717, 1.165) is 0 Å². The highest BCUT2D eigenvalue weighted by Gasteiger charge is 2.29. The van der Waals surface area contributed by atoms with Crippen LogP contribution in [0.15, 0.2) is 9.78 Å². The number of nitrogens with zero attached hydrogens (tertiary/aromatic N) is 2. The minimum atomic E-state index is -1.38. The number of aromatic nitrogens is 1. The molecule has 0 aliphatic heterocycles. The summed E-state index contributed by atoms with van der Waals surface area (Å²) < 4.78 is 20.6. The number of ether oxygens (including phenoxy) is 1. The van der Waals surface area contributed by atoms with Crippen LogP contribution in [-0.2, 0) is 16.1 Å². The summed E-state index contributed by atoms with van der Waals surface area (Å²) in [6.07, 6.45) is -0.662. The highest BCUT2D eigenvalue weighted by atomic mass is 32.2. The van der Waals surface area contributed by atoms with Crippen molar-refractivity contribution in [2.75, 3.05) is 7.11 Å². The van der Waals surface area contributed by atoms with Gasteiger partial charge in [0.1, 0.15) is 27.2 Å². The molecule has 0 aromatic carbocycles. The molecule has 1 heterocycles. The molecule has 2 atom stereocenters. The molecule has 0 radical (unpaired) electrons. The van der Waals surface area contributed by atoms with Crippen LogP contribution in [0.25, 0.3) is 0 Å². The lowest BCUT2D eigenvalue weighted by Gasteiger charge is -2.21. The second-order valence-electron chi connectivity index (χ2n) is 6.38. The number of methoxy groups -OCH3 is 1. The molecule has 0 saturated carbocycles. The first-order valence-corrected chi connectivity index (χ1v) is 9.26. The Bertz CT molecular complexity index is 564. The zero-order valence-electron chi connectivity index (χ0n) is 14.3. The fourth-order valence-electron chi connectivity index (χ4n) is 1.55. The van der Waals surface area contributed by atoms with Gasteiger partial charge < -0.3 is 14.4 Å². The Labute approximate surface area is 144 Å². The molecule has 1 rings (SSSR count). The fourth-order valence-corrected chi connectivity index (χ4v) is 3.09. The van der Waals surface area contributed by atoms with E-state index in [1.165, 1.54) is 18.4 Å². The second kappa shape index (κ2) is 8.23. The maximum atomic E-state index is 12.2. The van der Waals surface area contributed by atoms with Gasteiger partial charge >= 0.3 is 5.97 Å². The third kappa shape index (κ3) is 5.87. The predicted molar refractivity (Wildman–Crippen MR) is 93.2 cm³/mol. The van der Waals surface area contributed by atoms with E-state index >= 15 is 0 Å². The Morgan fingerprint density at radius 1 is 1.52 bits per heavy atom. The minimum absolute atomic E-state index is 0.0518. The van der Waals surface area contributed by atoms with E-state index in [0.29, 0.717) is 10.7 Å². The van der Waals surface area contributed by atoms with Crippen LogP contribution in [0.3, 0.4) is 0 Å². The Balaban J connectivity index is 2.90. The van der Waals surface area contributed by atoms with E-state index < -0.39 is 28.2 Å². The summed E-state index contributed by atoms with van der Waals surface area (Å²) in [5.74, 6) is -0.484. The van der Waals surface area contributed by atoms with Crippen LogP contribution < -0.4 is 0 Å². The number of esters is 1. The highest BCUT2D eigenvalue weighted by Crippen LogP contribution is 2.25. The average molecular weight is 361 g/mol. The van der Waals surface area contributed by atoms with Crippen LogP contribution in [0.4, 0.5) is 0 Å². The van der Waals surface area contributed by atoms with Crippen molar-refractivity contribution in [3.63, 3.8) is 0 Å². The summed E-state index contributed by atoms with van der Waals surface area (Å²) in [6.45, 7) is 9.43. The van der Waals surface area contributed by atoms with Crippen molar-refractivity contribution in [2.45, 2.75) is 51.9 Å². The molecule has 0 fully saturated rings. The minimum Gasteiger partial charge on any atom is -0.591 e. The smallest absolute Gasteiger partial charge is 0.357 e. The summed E-state index contributed by atoms with van der Waals surface area (Å²) >= 11 is -0.192. The van der Waals surface area contributed by atoms with Gasteiger partial charge in [-0.1, -0.05) is 18.2 Å². The van der Waals surface area contributed by atoms with Crippen molar-refractivity contribution in [3.05, 3.63) is 16.1 Å². The zero-order chi connectivity index (χ0) is 17.8.